The first-order chi connectivity index (χ1) is 8.15. The zero-order chi connectivity index (χ0) is 12.3. The zero-order valence-electron chi connectivity index (χ0n) is 9.87. The molecule has 1 N–H and O–H groups in total. The third-order valence-corrected chi connectivity index (χ3v) is 2.74. The summed E-state index contributed by atoms with van der Waals surface area (Å²) in [5, 5.41) is 3.35. The molecule has 0 unspecified atom stereocenters. The van der Waals surface area contributed by atoms with Gasteiger partial charge in [0.15, 0.2) is 0 Å². The molecule has 1 aromatic heterocycles. The van der Waals surface area contributed by atoms with Crippen molar-refractivity contribution in [3.63, 3.8) is 0 Å². The number of nitrogens with zero attached hydrogens (tertiary/aromatic N) is 2. The minimum absolute atomic E-state index is 0.285. The van der Waals surface area contributed by atoms with Crippen molar-refractivity contribution in [3.8, 4) is 0 Å². The van der Waals surface area contributed by atoms with E-state index in [4.69, 9.17) is 0 Å². The molecule has 2 rings (SSSR count). The van der Waals surface area contributed by atoms with E-state index in [1.54, 1.807) is 13.1 Å². The molecule has 3 nitrogen and oxygen atoms in total. The predicted octanol–water partition coefficient (Wildman–Crippen LogP) is 2.03. The number of aromatic nitrogens is 1. The van der Waals surface area contributed by atoms with Gasteiger partial charge in [0.1, 0.15) is 5.82 Å². The highest BCUT2D eigenvalue weighted by Crippen LogP contribution is 2.19. The van der Waals surface area contributed by atoms with Gasteiger partial charge in [-0.15, -0.1) is 0 Å². The maximum atomic E-state index is 12.3. The highest BCUT2D eigenvalue weighted by Gasteiger charge is 2.20. The van der Waals surface area contributed by atoms with E-state index in [1.165, 1.54) is 17.7 Å². The van der Waals surface area contributed by atoms with Gasteiger partial charge in [0.25, 0.3) is 6.43 Å². The van der Waals surface area contributed by atoms with Crippen LogP contribution >= 0.6 is 0 Å². The molecule has 1 heterocycles. The molecule has 0 bridgehead atoms. The summed E-state index contributed by atoms with van der Waals surface area (Å²) in [4.78, 5) is 5.83. The second-order valence-corrected chi connectivity index (χ2v) is 4.41. The number of hydrogen-bond acceptors (Lipinski definition) is 3. The van der Waals surface area contributed by atoms with Crippen molar-refractivity contribution in [2.75, 3.05) is 18.5 Å². The standard InChI is InChI=1S/C12H17F2N3/c1-17(8-11(13)14)12-4-2-3-10(16-12)7-15-9-5-6-9/h2-4,9,11,15H,5-8H2,1H3. The van der Waals surface area contributed by atoms with Crippen molar-refractivity contribution in [2.45, 2.75) is 31.9 Å². The van der Waals surface area contributed by atoms with Crippen LogP contribution in [0.15, 0.2) is 18.2 Å². The minimum Gasteiger partial charge on any atom is -0.354 e. The molecule has 0 aromatic carbocycles. The maximum absolute atomic E-state index is 12.3. The smallest absolute Gasteiger partial charge is 0.255 e. The molecule has 94 valence electrons. The predicted molar refractivity (Wildman–Crippen MR) is 63.4 cm³/mol. The Labute approximate surface area is 99.8 Å². The van der Waals surface area contributed by atoms with Crippen LogP contribution in [-0.2, 0) is 6.54 Å². The highest BCUT2D eigenvalue weighted by molar-refractivity contribution is 5.38. The van der Waals surface area contributed by atoms with Crippen LogP contribution in [0.3, 0.4) is 0 Å². The van der Waals surface area contributed by atoms with Gasteiger partial charge in [-0.2, -0.15) is 0 Å². The van der Waals surface area contributed by atoms with Crippen LogP contribution in [0.4, 0.5) is 14.6 Å². The van der Waals surface area contributed by atoms with Crippen LogP contribution in [0.2, 0.25) is 0 Å². The number of nitrogens with one attached hydrogen (secondary N) is 1. The van der Waals surface area contributed by atoms with Gasteiger partial charge >= 0.3 is 0 Å². The van der Waals surface area contributed by atoms with E-state index in [0.717, 1.165) is 5.69 Å². The summed E-state index contributed by atoms with van der Waals surface area (Å²) >= 11 is 0. The summed E-state index contributed by atoms with van der Waals surface area (Å²) < 4.78 is 24.5. The lowest BCUT2D eigenvalue weighted by atomic mass is 10.3. The maximum Gasteiger partial charge on any atom is 0.255 e. The molecular formula is C12H17F2N3. The van der Waals surface area contributed by atoms with E-state index in [-0.39, 0.29) is 6.54 Å². The van der Waals surface area contributed by atoms with Gasteiger partial charge in [0, 0.05) is 19.6 Å². The van der Waals surface area contributed by atoms with Gasteiger partial charge < -0.3 is 10.2 Å². The lowest BCUT2D eigenvalue weighted by Gasteiger charge is -2.18. The van der Waals surface area contributed by atoms with Crippen molar-refractivity contribution in [2.24, 2.45) is 0 Å². The van der Waals surface area contributed by atoms with Crippen LogP contribution in [0, 0.1) is 0 Å². The van der Waals surface area contributed by atoms with Gasteiger partial charge in [-0.1, -0.05) is 6.07 Å². The van der Waals surface area contributed by atoms with Crippen molar-refractivity contribution in [3.05, 3.63) is 23.9 Å². The van der Waals surface area contributed by atoms with Gasteiger partial charge in [-0.05, 0) is 25.0 Å². The fourth-order valence-electron chi connectivity index (χ4n) is 1.61. The van der Waals surface area contributed by atoms with Crippen molar-refractivity contribution < 1.29 is 8.78 Å². The molecule has 1 aliphatic rings. The van der Waals surface area contributed by atoms with Gasteiger partial charge in [0.05, 0.1) is 12.2 Å². The number of anilines is 1. The normalized spacial score (nSPS) is 15.3. The van der Waals surface area contributed by atoms with E-state index in [0.29, 0.717) is 18.4 Å². The molecule has 0 saturated heterocycles. The van der Waals surface area contributed by atoms with Crippen LogP contribution in [0.1, 0.15) is 18.5 Å². The van der Waals surface area contributed by atoms with E-state index in [1.807, 2.05) is 12.1 Å². The monoisotopic (exact) mass is 241 g/mol. The number of pyridine rings is 1. The van der Waals surface area contributed by atoms with Gasteiger partial charge in [-0.3, -0.25) is 0 Å². The molecule has 17 heavy (non-hydrogen) atoms. The Morgan fingerprint density at radius 3 is 2.88 bits per heavy atom. The average molecular weight is 241 g/mol. The van der Waals surface area contributed by atoms with Gasteiger partial charge in [0.2, 0.25) is 0 Å². The van der Waals surface area contributed by atoms with E-state index in [9.17, 15) is 8.78 Å². The summed E-state index contributed by atoms with van der Waals surface area (Å²) in [7, 11) is 1.63. The molecule has 1 aliphatic carbocycles. The van der Waals surface area contributed by atoms with Crippen LogP contribution in [0.5, 0.6) is 0 Å². The SMILES string of the molecule is CN(CC(F)F)c1cccc(CNC2CC2)n1. The molecule has 1 saturated carbocycles. The van der Waals surface area contributed by atoms with Crippen LogP contribution in [0.25, 0.3) is 0 Å². The first-order valence-corrected chi connectivity index (χ1v) is 5.84. The largest absolute Gasteiger partial charge is 0.354 e. The second kappa shape index (κ2) is 5.40. The lowest BCUT2D eigenvalue weighted by Crippen LogP contribution is -2.25. The van der Waals surface area contributed by atoms with E-state index >= 15 is 0 Å². The number of hydrogen-bond donors (Lipinski definition) is 1. The summed E-state index contributed by atoms with van der Waals surface area (Å²) in [6.45, 7) is 0.424. The van der Waals surface area contributed by atoms with Crippen molar-refractivity contribution >= 4 is 5.82 Å². The highest BCUT2D eigenvalue weighted by atomic mass is 19.3. The van der Waals surface area contributed by atoms with Gasteiger partial charge in [-0.25, -0.2) is 13.8 Å². The summed E-state index contributed by atoms with van der Waals surface area (Å²) in [5.74, 6) is 0.598. The van der Waals surface area contributed by atoms with E-state index in [2.05, 4.69) is 10.3 Å². The average Bonchev–Trinajstić information content (AvgIpc) is 3.10. The van der Waals surface area contributed by atoms with Crippen LogP contribution in [-0.4, -0.2) is 31.0 Å². The Morgan fingerprint density at radius 1 is 1.47 bits per heavy atom. The third-order valence-electron chi connectivity index (χ3n) is 2.74. The third kappa shape index (κ3) is 3.93. The molecule has 0 aliphatic heterocycles. The Kier molecular flexibility index (Phi) is 3.89. The second-order valence-electron chi connectivity index (χ2n) is 4.41. The molecule has 5 heteroatoms. The topological polar surface area (TPSA) is 28.2 Å². The number of halogens is 2. The molecular weight excluding hydrogens is 224 g/mol. The number of alkyl halides is 2. The first-order valence-electron chi connectivity index (χ1n) is 5.84. The minimum atomic E-state index is -2.34. The Balaban J connectivity index is 1.94. The molecule has 1 aromatic rings. The summed E-state index contributed by atoms with van der Waals surface area (Å²) in [5.41, 5.74) is 0.899. The molecule has 1 fully saturated rings. The number of rotatable bonds is 6. The van der Waals surface area contributed by atoms with Crippen LogP contribution < -0.4 is 10.2 Å². The fourth-order valence-corrected chi connectivity index (χ4v) is 1.61. The van der Waals surface area contributed by atoms with Crippen molar-refractivity contribution in [1.82, 2.24) is 10.3 Å². The molecule has 0 amide bonds. The first kappa shape index (κ1) is 12.2. The van der Waals surface area contributed by atoms with Crippen molar-refractivity contribution in [1.29, 1.82) is 0 Å². The summed E-state index contributed by atoms with van der Waals surface area (Å²) in [6.07, 6.45) is 0.116. The molecule has 0 radical (unpaired) electrons. The Bertz CT molecular complexity index is 367. The lowest BCUT2D eigenvalue weighted by molar-refractivity contribution is 0.156. The Hall–Kier alpha value is -1.23. The molecule has 0 atom stereocenters. The zero-order valence-corrected chi connectivity index (χ0v) is 9.87. The fraction of sp³-hybridized carbons (Fsp3) is 0.583. The molecule has 0 spiro atoms. The van der Waals surface area contributed by atoms with E-state index < -0.39 is 6.43 Å². The quantitative estimate of drug-likeness (QED) is 0.826. The Morgan fingerprint density at radius 2 is 2.24 bits per heavy atom. The summed E-state index contributed by atoms with van der Waals surface area (Å²) in [6, 6.07) is 6.14.